The van der Waals surface area contributed by atoms with E-state index in [0.717, 1.165) is 31.0 Å². The van der Waals surface area contributed by atoms with E-state index >= 15 is 0 Å². The predicted octanol–water partition coefficient (Wildman–Crippen LogP) is 3.96. The largest absolute Gasteiger partial charge is 0.493 e. The summed E-state index contributed by atoms with van der Waals surface area (Å²) in [4.78, 5) is 18.7. The average molecular weight is 408 g/mol. The summed E-state index contributed by atoms with van der Waals surface area (Å²) in [5, 5.41) is 0. The SMILES string of the molecule is CCCN(C)Cc1ccc(OC)c2c1[C@@H]1C=C[C@H](OC(=O)c3cccnc3)C[C@@H]1O2. The van der Waals surface area contributed by atoms with Crippen LogP contribution in [0.15, 0.2) is 48.8 Å². The summed E-state index contributed by atoms with van der Waals surface area (Å²) in [6, 6.07) is 7.55. The Labute approximate surface area is 177 Å². The highest BCUT2D eigenvalue weighted by Gasteiger charge is 2.41. The number of fused-ring (bicyclic) bond motifs is 3. The third kappa shape index (κ3) is 4.05. The van der Waals surface area contributed by atoms with Gasteiger partial charge >= 0.3 is 5.97 Å². The lowest BCUT2D eigenvalue weighted by Gasteiger charge is -2.26. The Morgan fingerprint density at radius 2 is 2.17 bits per heavy atom. The fraction of sp³-hybridized carbons (Fsp3) is 0.417. The van der Waals surface area contributed by atoms with Gasteiger partial charge in [0, 0.05) is 36.8 Å². The summed E-state index contributed by atoms with van der Waals surface area (Å²) < 4.78 is 17.6. The smallest absolute Gasteiger partial charge is 0.340 e. The molecule has 0 saturated heterocycles. The van der Waals surface area contributed by atoms with Crippen molar-refractivity contribution in [3.8, 4) is 11.5 Å². The highest BCUT2D eigenvalue weighted by molar-refractivity contribution is 5.89. The van der Waals surface area contributed by atoms with Crippen molar-refractivity contribution < 1.29 is 19.0 Å². The molecule has 0 amide bonds. The number of methoxy groups -OCH3 is 1. The number of nitrogens with zero attached hydrogens (tertiary/aromatic N) is 2. The van der Waals surface area contributed by atoms with E-state index in [1.165, 1.54) is 17.3 Å². The van der Waals surface area contributed by atoms with Gasteiger partial charge in [-0.3, -0.25) is 4.98 Å². The number of hydrogen-bond acceptors (Lipinski definition) is 6. The first kappa shape index (κ1) is 20.4. The van der Waals surface area contributed by atoms with Crippen LogP contribution in [0.5, 0.6) is 11.5 Å². The monoisotopic (exact) mass is 408 g/mol. The number of hydrogen-bond donors (Lipinski definition) is 0. The normalized spacial score (nSPS) is 21.7. The van der Waals surface area contributed by atoms with Crippen molar-refractivity contribution in [2.75, 3.05) is 20.7 Å². The lowest BCUT2D eigenvalue weighted by atomic mass is 9.85. The van der Waals surface area contributed by atoms with Crippen LogP contribution in [0.1, 0.15) is 47.2 Å². The second-order valence-corrected chi connectivity index (χ2v) is 7.90. The summed E-state index contributed by atoms with van der Waals surface area (Å²) in [6.07, 6.45) is 8.56. The van der Waals surface area contributed by atoms with Crippen molar-refractivity contribution in [2.24, 2.45) is 0 Å². The van der Waals surface area contributed by atoms with Crippen molar-refractivity contribution in [3.63, 3.8) is 0 Å². The van der Waals surface area contributed by atoms with Gasteiger partial charge in [0.1, 0.15) is 12.2 Å². The molecule has 0 unspecified atom stereocenters. The summed E-state index contributed by atoms with van der Waals surface area (Å²) >= 11 is 0. The van der Waals surface area contributed by atoms with Crippen LogP contribution in [0.4, 0.5) is 0 Å². The fourth-order valence-corrected chi connectivity index (χ4v) is 4.31. The Kier molecular flexibility index (Phi) is 6.04. The first-order valence-corrected chi connectivity index (χ1v) is 10.4. The molecule has 2 heterocycles. The summed E-state index contributed by atoms with van der Waals surface area (Å²) in [7, 11) is 3.80. The Morgan fingerprint density at radius 3 is 2.90 bits per heavy atom. The lowest BCUT2D eigenvalue weighted by molar-refractivity contribution is 0.0281. The molecule has 1 aromatic heterocycles. The minimum atomic E-state index is -0.369. The van der Waals surface area contributed by atoms with Gasteiger partial charge in [0.05, 0.1) is 12.7 Å². The molecule has 0 spiro atoms. The van der Waals surface area contributed by atoms with E-state index in [4.69, 9.17) is 14.2 Å². The van der Waals surface area contributed by atoms with Gasteiger partial charge < -0.3 is 19.1 Å². The van der Waals surface area contributed by atoms with Crippen LogP contribution in [0, 0.1) is 0 Å². The van der Waals surface area contributed by atoms with Crippen LogP contribution in [0.3, 0.4) is 0 Å². The van der Waals surface area contributed by atoms with Crippen LogP contribution < -0.4 is 9.47 Å². The fourth-order valence-electron chi connectivity index (χ4n) is 4.31. The molecule has 6 nitrogen and oxygen atoms in total. The van der Waals surface area contributed by atoms with Crippen LogP contribution in [0.25, 0.3) is 0 Å². The number of esters is 1. The van der Waals surface area contributed by atoms with Crippen molar-refractivity contribution in [1.29, 1.82) is 0 Å². The van der Waals surface area contributed by atoms with E-state index in [1.54, 1.807) is 25.4 Å². The van der Waals surface area contributed by atoms with E-state index in [9.17, 15) is 4.79 Å². The zero-order valence-corrected chi connectivity index (χ0v) is 17.7. The standard InChI is InChI=1S/C24H28N2O4/c1-4-12-26(2)15-17-7-10-20(28-3)23-22(17)19-9-8-18(13-21(19)30-23)29-24(27)16-6-5-11-25-14-16/h5-11,14,18-19,21H,4,12-13,15H2,1-3H3/t18-,19+,21-/m0/s1. The van der Waals surface area contributed by atoms with Crippen molar-refractivity contribution >= 4 is 5.97 Å². The Bertz CT molecular complexity index is 928. The van der Waals surface area contributed by atoms with Crippen LogP contribution >= 0.6 is 0 Å². The van der Waals surface area contributed by atoms with Gasteiger partial charge in [0.2, 0.25) is 0 Å². The van der Waals surface area contributed by atoms with E-state index in [0.29, 0.717) is 12.0 Å². The first-order valence-electron chi connectivity index (χ1n) is 10.4. The molecular formula is C24H28N2O4. The van der Waals surface area contributed by atoms with Gasteiger partial charge in [-0.25, -0.2) is 4.79 Å². The number of benzene rings is 1. The Morgan fingerprint density at radius 1 is 1.30 bits per heavy atom. The quantitative estimate of drug-likeness (QED) is 0.510. The third-order valence-electron chi connectivity index (χ3n) is 5.67. The highest BCUT2D eigenvalue weighted by atomic mass is 16.6. The molecule has 3 atom stereocenters. The molecule has 30 heavy (non-hydrogen) atoms. The number of pyridine rings is 1. The molecule has 1 aliphatic heterocycles. The molecule has 6 heteroatoms. The predicted molar refractivity (Wildman–Crippen MR) is 114 cm³/mol. The summed E-state index contributed by atoms with van der Waals surface area (Å²) in [5.41, 5.74) is 2.90. The van der Waals surface area contributed by atoms with Crippen LogP contribution in [-0.4, -0.2) is 48.8 Å². The maximum Gasteiger partial charge on any atom is 0.340 e. The number of rotatable bonds is 7. The van der Waals surface area contributed by atoms with Gasteiger partial charge in [-0.2, -0.15) is 0 Å². The second-order valence-electron chi connectivity index (χ2n) is 7.90. The first-order chi connectivity index (χ1) is 14.6. The third-order valence-corrected chi connectivity index (χ3v) is 5.67. The van der Waals surface area contributed by atoms with Crippen molar-refractivity contribution in [2.45, 2.75) is 44.4 Å². The van der Waals surface area contributed by atoms with Gasteiger partial charge in [-0.1, -0.05) is 19.1 Å². The molecule has 0 fully saturated rings. The maximum atomic E-state index is 12.4. The molecule has 0 saturated carbocycles. The minimum absolute atomic E-state index is 0.0803. The van der Waals surface area contributed by atoms with Crippen LogP contribution in [-0.2, 0) is 11.3 Å². The molecule has 1 aromatic carbocycles. The van der Waals surface area contributed by atoms with Gasteiger partial charge in [-0.15, -0.1) is 0 Å². The van der Waals surface area contributed by atoms with E-state index < -0.39 is 0 Å². The molecule has 158 valence electrons. The second kappa shape index (κ2) is 8.88. The van der Waals surface area contributed by atoms with E-state index in [-0.39, 0.29) is 24.1 Å². The van der Waals surface area contributed by atoms with Gasteiger partial charge in [0.15, 0.2) is 11.5 Å². The van der Waals surface area contributed by atoms with E-state index in [2.05, 4.69) is 36.0 Å². The van der Waals surface area contributed by atoms with Crippen LogP contribution in [0.2, 0.25) is 0 Å². The molecule has 2 aliphatic rings. The van der Waals surface area contributed by atoms with Gasteiger partial charge in [-0.05, 0) is 49.9 Å². The number of carbonyl (C=O) groups is 1. The number of ether oxygens (including phenoxy) is 3. The molecule has 0 N–H and O–H groups in total. The number of aromatic nitrogens is 1. The molecule has 0 bridgehead atoms. The Balaban J connectivity index is 1.54. The zero-order chi connectivity index (χ0) is 21.1. The lowest BCUT2D eigenvalue weighted by Crippen LogP contribution is -2.30. The summed E-state index contributed by atoms with van der Waals surface area (Å²) in [5.74, 6) is 1.33. The molecular weight excluding hydrogens is 380 g/mol. The molecule has 0 radical (unpaired) electrons. The van der Waals surface area contributed by atoms with E-state index in [1.807, 2.05) is 12.1 Å². The molecule has 1 aliphatic carbocycles. The summed E-state index contributed by atoms with van der Waals surface area (Å²) in [6.45, 7) is 4.09. The number of carbonyl (C=O) groups excluding carboxylic acids is 1. The van der Waals surface area contributed by atoms with Crippen molar-refractivity contribution in [3.05, 3.63) is 65.5 Å². The zero-order valence-electron chi connectivity index (χ0n) is 17.7. The Hall–Kier alpha value is -2.86. The average Bonchev–Trinajstić information content (AvgIpc) is 3.14. The molecule has 4 rings (SSSR count). The molecule has 2 aromatic rings. The highest BCUT2D eigenvalue weighted by Crippen LogP contribution is 2.49. The van der Waals surface area contributed by atoms with Crippen molar-refractivity contribution in [1.82, 2.24) is 9.88 Å². The van der Waals surface area contributed by atoms with Gasteiger partial charge in [0.25, 0.3) is 0 Å². The minimum Gasteiger partial charge on any atom is -0.493 e. The maximum absolute atomic E-state index is 12.4. The topological polar surface area (TPSA) is 60.9 Å².